The van der Waals surface area contributed by atoms with Crippen molar-refractivity contribution < 1.29 is 19.1 Å². The predicted octanol–water partition coefficient (Wildman–Crippen LogP) is 4.44. The van der Waals surface area contributed by atoms with Crippen molar-refractivity contribution in [3.63, 3.8) is 0 Å². The van der Waals surface area contributed by atoms with E-state index in [9.17, 15) is 9.59 Å². The van der Waals surface area contributed by atoms with Gasteiger partial charge in [0.2, 0.25) is 0 Å². The molecule has 0 spiro atoms. The van der Waals surface area contributed by atoms with Crippen molar-refractivity contribution in [3.05, 3.63) is 84.7 Å². The zero-order valence-electron chi connectivity index (χ0n) is 16.6. The molecule has 2 heterocycles. The van der Waals surface area contributed by atoms with Crippen molar-refractivity contribution in [1.82, 2.24) is 4.40 Å². The summed E-state index contributed by atoms with van der Waals surface area (Å²) in [4.78, 5) is 26.1. The van der Waals surface area contributed by atoms with Crippen LogP contribution >= 0.6 is 0 Å². The van der Waals surface area contributed by atoms with Crippen LogP contribution in [0.15, 0.2) is 79.0 Å². The molecule has 4 rings (SSSR count). The van der Waals surface area contributed by atoms with E-state index in [1.54, 1.807) is 42.0 Å². The van der Waals surface area contributed by atoms with Crippen molar-refractivity contribution in [3.8, 4) is 22.6 Å². The number of benzene rings is 2. The van der Waals surface area contributed by atoms with Gasteiger partial charge in [-0.2, -0.15) is 0 Å². The molecule has 2 aromatic carbocycles. The molecule has 0 radical (unpaired) electrons. The number of amides is 1. The molecular formula is C24H20N2O4. The monoisotopic (exact) mass is 400 g/mol. The number of hydrogen-bond acceptors (Lipinski definition) is 4. The molecule has 30 heavy (non-hydrogen) atoms. The summed E-state index contributed by atoms with van der Waals surface area (Å²) in [5.74, 6) is -0.186. The molecule has 1 N–H and O–H groups in total. The van der Waals surface area contributed by atoms with Crippen LogP contribution in [-0.4, -0.2) is 30.3 Å². The minimum atomic E-state index is -0.738. The zero-order valence-corrected chi connectivity index (χ0v) is 16.6. The van der Waals surface area contributed by atoms with Crippen LogP contribution in [0.5, 0.6) is 11.5 Å². The van der Waals surface area contributed by atoms with Crippen LogP contribution in [0.4, 0.5) is 5.69 Å². The third kappa shape index (κ3) is 3.51. The molecule has 150 valence electrons. The fourth-order valence-corrected chi connectivity index (χ4v) is 3.38. The second-order valence-corrected chi connectivity index (χ2v) is 6.61. The number of nitrogens with zero attached hydrogens (tertiary/aromatic N) is 1. The van der Waals surface area contributed by atoms with Crippen molar-refractivity contribution in [2.45, 2.75) is 0 Å². The van der Waals surface area contributed by atoms with E-state index in [1.807, 2.05) is 48.5 Å². The molecule has 2 aromatic heterocycles. The number of carbonyl (C=O) groups excluding carboxylic acids is 2. The Bertz CT molecular complexity index is 1230. The molecule has 0 unspecified atom stereocenters. The Labute approximate surface area is 173 Å². The zero-order chi connectivity index (χ0) is 21.1. The van der Waals surface area contributed by atoms with E-state index in [0.717, 1.165) is 11.1 Å². The van der Waals surface area contributed by atoms with E-state index in [4.69, 9.17) is 9.47 Å². The molecule has 0 saturated heterocycles. The maximum absolute atomic E-state index is 13.2. The molecule has 6 heteroatoms. The molecule has 6 nitrogen and oxygen atoms in total. The number of aromatic nitrogens is 1. The number of pyridine rings is 1. The number of ketones is 1. The van der Waals surface area contributed by atoms with Crippen LogP contribution in [0, 0.1) is 0 Å². The van der Waals surface area contributed by atoms with Gasteiger partial charge in [0, 0.05) is 17.3 Å². The highest BCUT2D eigenvalue weighted by molar-refractivity contribution is 6.47. The topological polar surface area (TPSA) is 69.0 Å². The van der Waals surface area contributed by atoms with Crippen LogP contribution < -0.4 is 14.8 Å². The Kier molecular flexibility index (Phi) is 5.22. The van der Waals surface area contributed by atoms with Gasteiger partial charge in [0.15, 0.2) is 0 Å². The lowest BCUT2D eigenvalue weighted by molar-refractivity contribution is -0.112. The Morgan fingerprint density at radius 1 is 0.867 bits per heavy atom. The molecule has 0 aliphatic heterocycles. The largest absolute Gasteiger partial charge is 0.497 e. The normalized spacial score (nSPS) is 10.6. The minimum absolute atomic E-state index is 0.295. The number of hydrogen-bond donors (Lipinski definition) is 1. The summed E-state index contributed by atoms with van der Waals surface area (Å²) in [5.41, 5.74) is 3.03. The minimum Gasteiger partial charge on any atom is -0.497 e. The number of methoxy groups -OCH3 is 2. The highest BCUT2D eigenvalue weighted by Crippen LogP contribution is 2.30. The van der Waals surface area contributed by atoms with E-state index < -0.39 is 11.7 Å². The van der Waals surface area contributed by atoms with Gasteiger partial charge in [-0.1, -0.05) is 30.3 Å². The van der Waals surface area contributed by atoms with Crippen LogP contribution in [0.2, 0.25) is 0 Å². The molecule has 4 aromatic rings. The van der Waals surface area contributed by atoms with Crippen LogP contribution in [0.25, 0.3) is 16.6 Å². The van der Waals surface area contributed by atoms with Crippen LogP contribution in [0.1, 0.15) is 10.5 Å². The van der Waals surface area contributed by atoms with Gasteiger partial charge < -0.3 is 19.2 Å². The number of anilines is 1. The number of rotatable bonds is 6. The van der Waals surface area contributed by atoms with E-state index in [-0.39, 0.29) is 0 Å². The summed E-state index contributed by atoms with van der Waals surface area (Å²) in [7, 11) is 3.11. The highest BCUT2D eigenvalue weighted by Gasteiger charge is 2.25. The van der Waals surface area contributed by atoms with Gasteiger partial charge >= 0.3 is 0 Å². The Balaban J connectivity index is 1.76. The van der Waals surface area contributed by atoms with Gasteiger partial charge in [0.1, 0.15) is 17.2 Å². The Morgan fingerprint density at radius 2 is 1.60 bits per heavy atom. The van der Waals surface area contributed by atoms with E-state index in [1.165, 1.54) is 7.11 Å². The first-order valence-electron chi connectivity index (χ1n) is 9.35. The molecule has 0 fully saturated rings. The van der Waals surface area contributed by atoms with Gasteiger partial charge in [0.25, 0.3) is 11.7 Å². The van der Waals surface area contributed by atoms with Crippen molar-refractivity contribution >= 4 is 22.9 Å². The third-order valence-corrected chi connectivity index (χ3v) is 4.86. The first-order chi connectivity index (χ1) is 14.6. The lowest BCUT2D eigenvalue weighted by Crippen LogP contribution is -2.24. The molecule has 0 aliphatic carbocycles. The average Bonchev–Trinajstić information content (AvgIpc) is 3.18. The number of nitrogens with one attached hydrogen (secondary N) is 1. The average molecular weight is 400 g/mol. The number of ether oxygens (including phenoxy) is 2. The first-order valence-corrected chi connectivity index (χ1v) is 9.35. The number of para-hydroxylation sites is 2. The van der Waals surface area contributed by atoms with E-state index in [0.29, 0.717) is 28.4 Å². The number of fused-ring (bicyclic) bond motifs is 1. The second kappa shape index (κ2) is 8.13. The molecule has 0 saturated carbocycles. The van der Waals surface area contributed by atoms with E-state index in [2.05, 4.69) is 5.32 Å². The number of carbonyl (C=O) groups is 2. The summed E-state index contributed by atoms with van der Waals surface area (Å²) in [5, 5.41) is 2.66. The summed E-state index contributed by atoms with van der Waals surface area (Å²) < 4.78 is 12.2. The molecule has 0 aliphatic rings. The highest BCUT2D eigenvalue weighted by atomic mass is 16.5. The Morgan fingerprint density at radius 3 is 2.33 bits per heavy atom. The summed E-state index contributed by atoms with van der Waals surface area (Å²) in [6.45, 7) is 0. The molecule has 1 amide bonds. The van der Waals surface area contributed by atoms with Crippen molar-refractivity contribution in [2.24, 2.45) is 0 Å². The predicted molar refractivity (Wildman–Crippen MR) is 115 cm³/mol. The first kappa shape index (κ1) is 19.3. The fourth-order valence-electron chi connectivity index (χ4n) is 3.38. The molecular weight excluding hydrogens is 380 g/mol. The summed E-state index contributed by atoms with van der Waals surface area (Å²) in [6.07, 6.45) is 1.77. The third-order valence-electron chi connectivity index (χ3n) is 4.86. The standard InChI is InChI=1S/C24H20N2O4/c1-29-18-12-10-16(11-13-18)19-15-17-7-5-6-14-26(17)22(19)23(27)24(28)25-20-8-3-4-9-21(20)30-2/h3-15H,1-2H3,(H,25,28). The molecule has 0 bridgehead atoms. The van der Waals surface area contributed by atoms with Gasteiger partial charge in [0.05, 0.1) is 19.9 Å². The van der Waals surface area contributed by atoms with Crippen LogP contribution in [0.3, 0.4) is 0 Å². The fraction of sp³-hybridized carbons (Fsp3) is 0.0833. The van der Waals surface area contributed by atoms with Gasteiger partial charge in [-0.05, 0) is 48.0 Å². The maximum Gasteiger partial charge on any atom is 0.298 e. The second-order valence-electron chi connectivity index (χ2n) is 6.61. The van der Waals surface area contributed by atoms with E-state index >= 15 is 0 Å². The van der Waals surface area contributed by atoms with Gasteiger partial charge in [-0.3, -0.25) is 9.59 Å². The Hall–Kier alpha value is -4.06. The van der Waals surface area contributed by atoms with Crippen molar-refractivity contribution in [2.75, 3.05) is 19.5 Å². The number of Topliss-reactive ketones (excluding diaryl/α,β-unsaturated/α-hetero) is 1. The van der Waals surface area contributed by atoms with Crippen molar-refractivity contribution in [1.29, 1.82) is 0 Å². The SMILES string of the molecule is COc1ccc(-c2cc3ccccn3c2C(=O)C(=O)Nc2ccccc2OC)cc1. The summed E-state index contributed by atoms with van der Waals surface area (Å²) in [6, 6.07) is 21.8. The maximum atomic E-state index is 13.2. The smallest absolute Gasteiger partial charge is 0.298 e. The van der Waals surface area contributed by atoms with Crippen LogP contribution in [-0.2, 0) is 4.79 Å². The lowest BCUT2D eigenvalue weighted by Gasteiger charge is -2.10. The summed E-state index contributed by atoms with van der Waals surface area (Å²) >= 11 is 0. The lowest BCUT2D eigenvalue weighted by atomic mass is 10.0. The van der Waals surface area contributed by atoms with Gasteiger partial charge in [-0.25, -0.2) is 0 Å². The van der Waals surface area contributed by atoms with Gasteiger partial charge in [-0.15, -0.1) is 0 Å². The molecule has 0 atom stereocenters. The quantitative estimate of drug-likeness (QED) is 0.384.